The van der Waals surface area contributed by atoms with Gasteiger partial charge >= 0.3 is 0 Å². The van der Waals surface area contributed by atoms with Crippen LogP contribution in [0.1, 0.15) is 19.8 Å². The van der Waals surface area contributed by atoms with E-state index in [1.165, 1.54) is 0 Å². The van der Waals surface area contributed by atoms with Crippen LogP contribution in [0, 0.1) is 0 Å². The second kappa shape index (κ2) is 8.49. The summed E-state index contributed by atoms with van der Waals surface area (Å²) in [5.41, 5.74) is 5.29. The Balaban J connectivity index is 3.08. The van der Waals surface area contributed by atoms with Crippen molar-refractivity contribution in [2.75, 3.05) is 26.2 Å². The fourth-order valence-electron chi connectivity index (χ4n) is 0.756. The molecule has 4 N–H and O–H groups in total. The molecule has 0 fully saturated rings. The van der Waals surface area contributed by atoms with Crippen LogP contribution < -0.4 is 16.4 Å². The average molecular weight is 173 g/mol. The van der Waals surface area contributed by atoms with E-state index in [0.29, 0.717) is 13.1 Å². The van der Waals surface area contributed by atoms with E-state index >= 15 is 0 Å². The highest BCUT2D eigenvalue weighted by Crippen LogP contribution is 1.72. The summed E-state index contributed by atoms with van der Waals surface area (Å²) in [5, 5.41) is 5.78. The smallest absolute Gasteiger partial charge is 0.233 e. The van der Waals surface area contributed by atoms with E-state index in [1.807, 2.05) is 6.92 Å². The van der Waals surface area contributed by atoms with E-state index < -0.39 is 0 Å². The Bertz CT molecular complexity index is 117. The van der Waals surface area contributed by atoms with Gasteiger partial charge < -0.3 is 16.4 Å². The molecule has 12 heavy (non-hydrogen) atoms. The summed E-state index contributed by atoms with van der Waals surface area (Å²) in [5.74, 6) is 0.0638. The summed E-state index contributed by atoms with van der Waals surface area (Å²) in [6.07, 6.45) is 1.90. The number of carbonyl (C=O) groups is 1. The lowest BCUT2D eigenvalue weighted by molar-refractivity contribution is -0.120. The maximum Gasteiger partial charge on any atom is 0.233 e. The van der Waals surface area contributed by atoms with Gasteiger partial charge in [-0.15, -0.1) is 0 Å². The zero-order valence-corrected chi connectivity index (χ0v) is 7.73. The molecular weight excluding hydrogens is 154 g/mol. The summed E-state index contributed by atoms with van der Waals surface area (Å²) >= 11 is 0. The fourth-order valence-corrected chi connectivity index (χ4v) is 0.756. The van der Waals surface area contributed by atoms with Gasteiger partial charge in [0.2, 0.25) is 5.91 Å². The topological polar surface area (TPSA) is 67.2 Å². The summed E-state index contributed by atoms with van der Waals surface area (Å²) in [6.45, 7) is 4.68. The average Bonchev–Trinajstić information content (AvgIpc) is 2.09. The number of hydrogen-bond acceptors (Lipinski definition) is 3. The van der Waals surface area contributed by atoms with Crippen LogP contribution in [0.5, 0.6) is 0 Å². The Hall–Kier alpha value is -0.610. The second-order valence-electron chi connectivity index (χ2n) is 2.67. The van der Waals surface area contributed by atoms with Crippen molar-refractivity contribution in [3.63, 3.8) is 0 Å². The fraction of sp³-hybridized carbons (Fsp3) is 0.875. The monoisotopic (exact) mass is 173 g/mol. The quantitative estimate of drug-likeness (QED) is 0.453. The molecule has 72 valence electrons. The van der Waals surface area contributed by atoms with E-state index in [-0.39, 0.29) is 5.91 Å². The lowest BCUT2D eigenvalue weighted by atomic mass is 10.4. The standard InChI is InChI=1S/C8H19N3O/c1-2-5-11-8(12)7-10-6-3-4-9/h10H,2-7,9H2,1H3,(H,11,12). The molecule has 0 bridgehead atoms. The van der Waals surface area contributed by atoms with Gasteiger partial charge in [0.05, 0.1) is 6.54 Å². The van der Waals surface area contributed by atoms with Crippen molar-refractivity contribution >= 4 is 5.91 Å². The minimum Gasteiger partial charge on any atom is -0.355 e. The highest BCUT2D eigenvalue weighted by Gasteiger charge is 1.96. The molecule has 0 atom stereocenters. The van der Waals surface area contributed by atoms with Crippen LogP contribution in [0.4, 0.5) is 0 Å². The molecule has 0 unspecified atom stereocenters. The molecule has 0 aliphatic heterocycles. The molecular formula is C8H19N3O. The Morgan fingerprint density at radius 2 is 2.17 bits per heavy atom. The Morgan fingerprint density at radius 3 is 2.75 bits per heavy atom. The Morgan fingerprint density at radius 1 is 1.42 bits per heavy atom. The van der Waals surface area contributed by atoms with E-state index in [1.54, 1.807) is 0 Å². The molecule has 1 amide bonds. The largest absolute Gasteiger partial charge is 0.355 e. The maximum atomic E-state index is 11.0. The molecule has 0 aromatic carbocycles. The van der Waals surface area contributed by atoms with Gasteiger partial charge in [0.1, 0.15) is 0 Å². The SMILES string of the molecule is CCCNC(=O)CNCCCN. The molecule has 0 aromatic heterocycles. The lowest BCUT2D eigenvalue weighted by Crippen LogP contribution is -2.34. The molecule has 0 spiro atoms. The van der Waals surface area contributed by atoms with Crippen molar-refractivity contribution < 1.29 is 4.79 Å². The van der Waals surface area contributed by atoms with Gasteiger partial charge in [-0.1, -0.05) is 6.92 Å². The van der Waals surface area contributed by atoms with Crippen LogP contribution in [0.15, 0.2) is 0 Å². The van der Waals surface area contributed by atoms with Gasteiger partial charge in [-0.25, -0.2) is 0 Å². The molecule has 0 saturated heterocycles. The first-order valence-corrected chi connectivity index (χ1v) is 4.48. The first-order valence-electron chi connectivity index (χ1n) is 4.48. The number of rotatable bonds is 7. The van der Waals surface area contributed by atoms with Crippen LogP contribution in [0.25, 0.3) is 0 Å². The van der Waals surface area contributed by atoms with Gasteiger partial charge in [-0.2, -0.15) is 0 Å². The minimum atomic E-state index is 0.0638. The molecule has 0 heterocycles. The summed E-state index contributed by atoms with van der Waals surface area (Å²) in [4.78, 5) is 11.0. The van der Waals surface area contributed by atoms with Crippen molar-refractivity contribution in [1.82, 2.24) is 10.6 Å². The zero-order chi connectivity index (χ0) is 9.23. The predicted molar refractivity (Wildman–Crippen MR) is 49.8 cm³/mol. The van der Waals surface area contributed by atoms with Crippen LogP contribution in [-0.2, 0) is 4.79 Å². The number of nitrogens with two attached hydrogens (primary N) is 1. The third-order valence-corrected chi connectivity index (χ3v) is 1.42. The molecule has 0 saturated carbocycles. The second-order valence-corrected chi connectivity index (χ2v) is 2.67. The van der Waals surface area contributed by atoms with Gasteiger partial charge in [-0.05, 0) is 25.9 Å². The Kier molecular flexibility index (Phi) is 8.05. The van der Waals surface area contributed by atoms with E-state index in [9.17, 15) is 4.79 Å². The predicted octanol–water partition coefficient (Wildman–Crippen LogP) is -0.549. The van der Waals surface area contributed by atoms with Gasteiger partial charge in [0, 0.05) is 6.54 Å². The van der Waals surface area contributed by atoms with Gasteiger partial charge in [0.15, 0.2) is 0 Å². The van der Waals surface area contributed by atoms with Crippen LogP contribution in [0.3, 0.4) is 0 Å². The zero-order valence-electron chi connectivity index (χ0n) is 7.73. The van der Waals surface area contributed by atoms with Crippen molar-refractivity contribution in [1.29, 1.82) is 0 Å². The summed E-state index contributed by atoms with van der Waals surface area (Å²) < 4.78 is 0. The Labute approximate surface area is 73.9 Å². The third-order valence-electron chi connectivity index (χ3n) is 1.42. The highest BCUT2D eigenvalue weighted by molar-refractivity contribution is 5.77. The number of nitrogens with one attached hydrogen (secondary N) is 2. The van der Waals surface area contributed by atoms with E-state index in [0.717, 1.165) is 25.9 Å². The van der Waals surface area contributed by atoms with Crippen molar-refractivity contribution in [3.8, 4) is 0 Å². The molecule has 0 aromatic rings. The first kappa shape index (κ1) is 11.4. The van der Waals surface area contributed by atoms with Gasteiger partial charge in [-0.3, -0.25) is 4.79 Å². The molecule has 4 nitrogen and oxygen atoms in total. The van der Waals surface area contributed by atoms with Crippen molar-refractivity contribution in [3.05, 3.63) is 0 Å². The molecule has 0 aliphatic rings. The number of amides is 1. The highest BCUT2D eigenvalue weighted by atomic mass is 16.1. The van der Waals surface area contributed by atoms with E-state index in [2.05, 4.69) is 10.6 Å². The molecule has 0 rings (SSSR count). The molecule has 4 heteroatoms. The van der Waals surface area contributed by atoms with Crippen molar-refractivity contribution in [2.24, 2.45) is 5.73 Å². The normalized spacial score (nSPS) is 9.83. The number of carbonyl (C=O) groups excluding carboxylic acids is 1. The third kappa shape index (κ3) is 7.50. The molecule has 0 aliphatic carbocycles. The lowest BCUT2D eigenvalue weighted by Gasteiger charge is -2.04. The van der Waals surface area contributed by atoms with Gasteiger partial charge in [0.25, 0.3) is 0 Å². The summed E-state index contributed by atoms with van der Waals surface area (Å²) in [6, 6.07) is 0. The van der Waals surface area contributed by atoms with E-state index in [4.69, 9.17) is 5.73 Å². The van der Waals surface area contributed by atoms with Crippen LogP contribution in [-0.4, -0.2) is 32.1 Å². The maximum absolute atomic E-state index is 11.0. The number of hydrogen-bond donors (Lipinski definition) is 3. The van der Waals surface area contributed by atoms with Crippen LogP contribution in [0.2, 0.25) is 0 Å². The molecule has 0 radical (unpaired) electrons. The van der Waals surface area contributed by atoms with Crippen molar-refractivity contribution in [2.45, 2.75) is 19.8 Å². The van der Waals surface area contributed by atoms with Crippen LogP contribution >= 0.6 is 0 Å². The summed E-state index contributed by atoms with van der Waals surface area (Å²) in [7, 11) is 0. The minimum absolute atomic E-state index is 0.0638. The first-order chi connectivity index (χ1) is 5.81.